The van der Waals surface area contributed by atoms with Gasteiger partial charge in [-0.15, -0.1) is 0 Å². The Labute approximate surface area is 145 Å². The van der Waals surface area contributed by atoms with Gasteiger partial charge in [0.15, 0.2) is 0 Å². The van der Waals surface area contributed by atoms with Crippen molar-refractivity contribution in [2.24, 2.45) is 5.92 Å². The van der Waals surface area contributed by atoms with Gasteiger partial charge in [0.25, 0.3) is 5.95 Å². The lowest BCUT2D eigenvalue weighted by Gasteiger charge is -2.46. The Balaban J connectivity index is 1.86. The second-order valence-electron chi connectivity index (χ2n) is 7.27. The fourth-order valence-corrected chi connectivity index (χ4v) is 4.11. The number of para-hydroxylation sites is 2. The van der Waals surface area contributed by atoms with Crippen LogP contribution >= 0.6 is 0 Å². The van der Waals surface area contributed by atoms with E-state index in [0.717, 1.165) is 11.3 Å². The third-order valence-electron chi connectivity index (χ3n) is 5.43. The lowest BCUT2D eigenvalue weighted by atomic mass is 9.70. The van der Waals surface area contributed by atoms with E-state index < -0.39 is 5.60 Å². The van der Waals surface area contributed by atoms with Crippen LogP contribution in [0.15, 0.2) is 57.7 Å². The van der Waals surface area contributed by atoms with Gasteiger partial charge in [-0.1, -0.05) is 30.3 Å². The Hall–Kier alpha value is -2.75. The smallest absolute Gasteiger partial charge is 0.293 e. The largest absolute Gasteiger partial charge is 0.493 e. The molecule has 1 aromatic heterocycles. The minimum Gasteiger partial charge on any atom is -0.493 e. The van der Waals surface area contributed by atoms with E-state index >= 15 is 0 Å². The topological polar surface area (TPSA) is 48.7 Å². The summed E-state index contributed by atoms with van der Waals surface area (Å²) < 4.78 is 18.1. The van der Waals surface area contributed by atoms with Gasteiger partial charge in [0, 0.05) is 17.4 Å². The van der Waals surface area contributed by atoms with E-state index in [4.69, 9.17) is 13.9 Å². The normalized spacial score (nSPS) is 23.0. The highest BCUT2D eigenvalue weighted by Gasteiger charge is 2.50. The lowest BCUT2D eigenvalue weighted by molar-refractivity contribution is -0.0318. The van der Waals surface area contributed by atoms with Gasteiger partial charge in [0.05, 0.1) is 17.6 Å². The average molecular weight is 334 g/mol. The van der Waals surface area contributed by atoms with Crippen molar-refractivity contribution >= 4 is 11.0 Å². The predicted molar refractivity (Wildman–Crippen MR) is 94.5 cm³/mol. The molecule has 2 aliphatic heterocycles. The van der Waals surface area contributed by atoms with Crippen LogP contribution in [0.25, 0.3) is 11.0 Å². The van der Waals surface area contributed by atoms with Crippen LogP contribution in [0.4, 0.5) is 0 Å². The summed E-state index contributed by atoms with van der Waals surface area (Å²) in [4.78, 5) is 13.3. The van der Waals surface area contributed by atoms with Crippen molar-refractivity contribution < 1.29 is 13.9 Å². The highest BCUT2D eigenvalue weighted by molar-refractivity contribution is 5.78. The van der Waals surface area contributed by atoms with Crippen molar-refractivity contribution in [2.75, 3.05) is 6.61 Å². The number of rotatable bonds is 0. The van der Waals surface area contributed by atoms with E-state index in [0.29, 0.717) is 29.1 Å². The van der Waals surface area contributed by atoms with Crippen LogP contribution < -0.4 is 14.9 Å². The number of hydrogen-bond donors (Lipinski definition) is 0. The molecule has 0 amide bonds. The first-order valence-corrected chi connectivity index (χ1v) is 8.53. The molecule has 25 heavy (non-hydrogen) atoms. The van der Waals surface area contributed by atoms with Crippen LogP contribution in [0.1, 0.15) is 30.9 Å². The SMILES string of the molecule is CC1(C)Oc2oc3ccccc3c(=O)c2[C@H]2c3ccccc3OC[C@H]21. The molecule has 5 rings (SSSR count). The molecule has 2 aromatic carbocycles. The molecule has 4 heteroatoms. The molecule has 0 fully saturated rings. The Bertz CT molecular complexity index is 1050. The van der Waals surface area contributed by atoms with Crippen LogP contribution in [-0.4, -0.2) is 12.2 Å². The van der Waals surface area contributed by atoms with Crippen molar-refractivity contribution in [3.63, 3.8) is 0 Å². The van der Waals surface area contributed by atoms with Gasteiger partial charge >= 0.3 is 0 Å². The zero-order chi connectivity index (χ0) is 17.2. The van der Waals surface area contributed by atoms with E-state index in [1.165, 1.54) is 0 Å². The Morgan fingerprint density at radius 2 is 1.80 bits per heavy atom. The second-order valence-corrected chi connectivity index (χ2v) is 7.27. The second kappa shape index (κ2) is 4.88. The van der Waals surface area contributed by atoms with E-state index in [9.17, 15) is 4.79 Å². The van der Waals surface area contributed by atoms with Gasteiger partial charge in [-0.3, -0.25) is 4.79 Å². The van der Waals surface area contributed by atoms with E-state index in [1.807, 2.05) is 50.2 Å². The molecule has 3 aromatic rings. The lowest BCUT2D eigenvalue weighted by Crippen LogP contribution is -2.50. The highest BCUT2D eigenvalue weighted by Crippen LogP contribution is 2.51. The molecule has 0 aliphatic carbocycles. The Kier molecular flexibility index (Phi) is 2.85. The molecular weight excluding hydrogens is 316 g/mol. The summed E-state index contributed by atoms with van der Waals surface area (Å²) in [6, 6.07) is 15.2. The Morgan fingerprint density at radius 3 is 2.68 bits per heavy atom. The molecule has 0 unspecified atom stereocenters. The van der Waals surface area contributed by atoms with Gasteiger partial charge in [-0.2, -0.15) is 0 Å². The molecule has 4 nitrogen and oxygen atoms in total. The Morgan fingerprint density at radius 1 is 1.04 bits per heavy atom. The summed E-state index contributed by atoms with van der Waals surface area (Å²) >= 11 is 0. The molecule has 0 radical (unpaired) electrons. The van der Waals surface area contributed by atoms with Gasteiger partial charge in [-0.25, -0.2) is 0 Å². The molecule has 0 spiro atoms. The molecule has 2 aliphatic rings. The molecule has 126 valence electrons. The third-order valence-corrected chi connectivity index (χ3v) is 5.43. The maximum Gasteiger partial charge on any atom is 0.293 e. The van der Waals surface area contributed by atoms with Gasteiger partial charge in [0.2, 0.25) is 5.43 Å². The minimum absolute atomic E-state index is 0.0148. The predicted octanol–water partition coefficient (Wildman–Crippen LogP) is 4.10. The average Bonchev–Trinajstić information content (AvgIpc) is 2.61. The fourth-order valence-electron chi connectivity index (χ4n) is 4.11. The number of ether oxygens (including phenoxy) is 2. The standard InChI is InChI=1S/C21H18O4/c1-21(2)14-11-23-15-9-5-3-7-12(15)17(14)18-19(22)13-8-4-6-10-16(13)24-20(18)25-21/h3-10,14,17H,11H2,1-2H3/t14-,17+/m1/s1. The van der Waals surface area contributed by atoms with Gasteiger partial charge < -0.3 is 13.9 Å². The van der Waals surface area contributed by atoms with E-state index in [-0.39, 0.29) is 17.3 Å². The summed E-state index contributed by atoms with van der Waals surface area (Å²) in [6.45, 7) is 4.57. The minimum atomic E-state index is -0.496. The summed E-state index contributed by atoms with van der Waals surface area (Å²) in [5.41, 5.74) is 1.68. The summed E-state index contributed by atoms with van der Waals surface area (Å²) in [5.74, 6) is 1.12. The zero-order valence-corrected chi connectivity index (χ0v) is 14.1. The highest BCUT2D eigenvalue weighted by atomic mass is 16.6. The van der Waals surface area contributed by atoms with Crippen molar-refractivity contribution in [2.45, 2.75) is 25.4 Å². The monoisotopic (exact) mass is 334 g/mol. The molecule has 0 saturated carbocycles. The molecule has 0 bridgehead atoms. The third kappa shape index (κ3) is 1.97. The van der Waals surface area contributed by atoms with Crippen LogP contribution in [0, 0.1) is 5.92 Å². The zero-order valence-electron chi connectivity index (χ0n) is 14.1. The summed E-state index contributed by atoms with van der Waals surface area (Å²) in [5, 5.41) is 0.590. The van der Waals surface area contributed by atoms with Crippen LogP contribution in [0.2, 0.25) is 0 Å². The van der Waals surface area contributed by atoms with Crippen molar-refractivity contribution in [1.29, 1.82) is 0 Å². The molecular formula is C21H18O4. The van der Waals surface area contributed by atoms with Crippen molar-refractivity contribution in [3.8, 4) is 11.7 Å². The van der Waals surface area contributed by atoms with Crippen molar-refractivity contribution in [1.82, 2.24) is 0 Å². The number of fused-ring (bicyclic) bond motifs is 6. The first-order chi connectivity index (χ1) is 12.1. The molecule has 3 heterocycles. The summed E-state index contributed by atoms with van der Waals surface area (Å²) in [6.07, 6.45) is 0. The fraction of sp³-hybridized carbons (Fsp3) is 0.286. The maximum atomic E-state index is 13.3. The molecule has 0 saturated heterocycles. The molecule has 0 N–H and O–H groups in total. The number of benzene rings is 2. The number of hydrogen-bond acceptors (Lipinski definition) is 4. The maximum absolute atomic E-state index is 13.3. The van der Waals surface area contributed by atoms with Crippen molar-refractivity contribution in [3.05, 3.63) is 69.9 Å². The van der Waals surface area contributed by atoms with Crippen LogP contribution in [0.5, 0.6) is 11.7 Å². The first-order valence-electron chi connectivity index (χ1n) is 8.53. The van der Waals surface area contributed by atoms with Gasteiger partial charge in [-0.05, 0) is 32.0 Å². The molecule has 2 atom stereocenters. The first kappa shape index (κ1) is 14.6. The van der Waals surface area contributed by atoms with E-state index in [2.05, 4.69) is 0 Å². The van der Waals surface area contributed by atoms with Crippen LogP contribution in [0.3, 0.4) is 0 Å². The van der Waals surface area contributed by atoms with Crippen LogP contribution in [-0.2, 0) is 0 Å². The van der Waals surface area contributed by atoms with E-state index in [1.54, 1.807) is 12.1 Å². The quantitative estimate of drug-likeness (QED) is 0.621. The van der Waals surface area contributed by atoms with Gasteiger partial charge in [0.1, 0.15) is 16.9 Å². The summed E-state index contributed by atoms with van der Waals surface area (Å²) in [7, 11) is 0.